The van der Waals surface area contributed by atoms with Crippen molar-refractivity contribution in [1.29, 1.82) is 0 Å². The summed E-state index contributed by atoms with van der Waals surface area (Å²) >= 11 is 0. The molecule has 0 aliphatic rings. The van der Waals surface area contributed by atoms with Crippen LogP contribution in [-0.2, 0) is 4.79 Å². The molecule has 0 saturated heterocycles. The lowest BCUT2D eigenvalue weighted by Crippen LogP contribution is -2.39. The fraction of sp³-hybridized carbons (Fsp3) is 0.700. The van der Waals surface area contributed by atoms with Crippen molar-refractivity contribution in [3.8, 4) is 0 Å². The molecule has 0 rings (SSSR count). The molecule has 3 heteroatoms. The van der Waals surface area contributed by atoms with Gasteiger partial charge in [-0.1, -0.05) is 6.08 Å². The molecule has 13 heavy (non-hydrogen) atoms. The first-order valence-electron chi connectivity index (χ1n) is 4.59. The van der Waals surface area contributed by atoms with Gasteiger partial charge in [-0.05, 0) is 19.4 Å². The summed E-state index contributed by atoms with van der Waals surface area (Å²) in [5.74, 6) is -1.07. The highest BCUT2D eigenvalue weighted by Crippen LogP contribution is 2.01. The molecule has 0 fully saturated rings. The Morgan fingerprint density at radius 2 is 2.00 bits per heavy atom. The van der Waals surface area contributed by atoms with E-state index in [0.717, 1.165) is 24.0 Å². The van der Waals surface area contributed by atoms with Crippen LogP contribution in [0.3, 0.4) is 0 Å². The Labute approximate surface area is 80.3 Å². The van der Waals surface area contributed by atoms with Gasteiger partial charge in [0.05, 0.1) is 33.2 Å². The second-order valence-electron chi connectivity index (χ2n) is 3.94. The lowest BCUT2D eigenvalue weighted by molar-refractivity contribution is -0.888. The van der Waals surface area contributed by atoms with Crippen LogP contribution in [0.5, 0.6) is 0 Å². The molecule has 0 saturated carbocycles. The number of carboxylic acids is 1. The number of quaternary nitrogens is 1. The summed E-state index contributed by atoms with van der Waals surface area (Å²) in [4.78, 5) is 10.3. The van der Waals surface area contributed by atoms with E-state index >= 15 is 0 Å². The van der Waals surface area contributed by atoms with Crippen molar-refractivity contribution in [2.75, 3.05) is 27.2 Å². The summed E-state index contributed by atoms with van der Waals surface area (Å²) in [7, 11) is 4.25. The van der Waals surface area contributed by atoms with Crippen LogP contribution in [0.2, 0.25) is 0 Å². The smallest absolute Gasteiger partial charge is 0.0817 e. The van der Waals surface area contributed by atoms with Gasteiger partial charge in [0.1, 0.15) is 0 Å². The second kappa shape index (κ2) is 5.02. The van der Waals surface area contributed by atoms with E-state index in [4.69, 9.17) is 0 Å². The van der Waals surface area contributed by atoms with Crippen LogP contribution in [0.25, 0.3) is 0 Å². The first-order valence-corrected chi connectivity index (χ1v) is 4.59. The molecule has 0 unspecified atom stereocenters. The summed E-state index contributed by atoms with van der Waals surface area (Å²) in [6, 6.07) is 0. The predicted octanol–water partition coefficient (Wildman–Crippen LogP) is 0.169. The zero-order chi connectivity index (χ0) is 10.5. The Morgan fingerprint density at radius 3 is 2.38 bits per heavy atom. The lowest BCUT2D eigenvalue weighted by atomic mass is 10.2. The van der Waals surface area contributed by atoms with Crippen molar-refractivity contribution in [1.82, 2.24) is 0 Å². The molecule has 0 atom stereocenters. The van der Waals surface area contributed by atoms with E-state index in [0.29, 0.717) is 5.57 Å². The quantitative estimate of drug-likeness (QED) is 0.452. The van der Waals surface area contributed by atoms with Crippen LogP contribution in [0.4, 0.5) is 0 Å². The van der Waals surface area contributed by atoms with Crippen LogP contribution in [-0.4, -0.2) is 37.6 Å². The maximum atomic E-state index is 10.3. The van der Waals surface area contributed by atoms with Gasteiger partial charge in [-0.3, -0.25) is 0 Å². The zero-order valence-corrected chi connectivity index (χ0v) is 8.96. The maximum absolute atomic E-state index is 10.3. The number of hydrogen-bond acceptors (Lipinski definition) is 2. The van der Waals surface area contributed by atoms with E-state index in [-0.39, 0.29) is 0 Å². The maximum Gasteiger partial charge on any atom is 0.0817 e. The highest BCUT2D eigenvalue weighted by atomic mass is 16.4. The monoisotopic (exact) mass is 185 g/mol. The van der Waals surface area contributed by atoms with E-state index in [2.05, 4.69) is 21.0 Å². The van der Waals surface area contributed by atoms with E-state index in [1.807, 2.05) is 0 Å². The minimum Gasteiger partial charge on any atom is -0.545 e. The average molecular weight is 185 g/mol. The van der Waals surface area contributed by atoms with E-state index in [9.17, 15) is 9.90 Å². The number of carboxylic acid groups (broad SMARTS) is 1. The normalized spacial score (nSPS) is 13.1. The topological polar surface area (TPSA) is 40.1 Å². The molecule has 0 aromatic rings. The van der Waals surface area contributed by atoms with Crippen LogP contribution in [0.1, 0.15) is 20.3 Å². The molecule has 3 nitrogen and oxygen atoms in total. The molecule has 0 bridgehead atoms. The largest absolute Gasteiger partial charge is 0.545 e. The number of carbonyl (C=O) groups excluding carboxylic acids is 1. The Hall–Kier alpha value is -0.830. The summed E-state index contributed by atoms with van der Waals surface area (Å²) in [5.41, 5.74) is 0.330. The second-order valence-corrected chi connectivity index (χ2v) is 3.94. The third-order valence-electron chi connectivity index (χ3n) is 2.36. The molecular weight excluding hydrogens is 166 g/mol. The SMILES string of the molecule is CC[N+](C)(C)CCC=C(C)C(=O)[O-]. The standard InChI is InChI=1S/C10H19NO2/c1-5-11(3,4)8-6-7-9(2)10(12)13/h7H,5-6,8H2,1-4H3. The number of aliphatic carboxylic acids is 1. The summed E-state index contributed by atoms with van der Waals surface area (Å²) in [5, 5.41) is 10.3. The fourth-order valence-electron chi connectivity index (χ4n) is 0.872. The van der Waals surface area contributed by atoms with E-state index < -0.39 is 5.97 Å². The van der Waals surface area contributed by atoms with Crippen molar-refractivity contribution in [3.63, 3.8) is 0 Å². The first kappa shape index (κ1) is 12.2. The molecule has 0 aliphatic carbocycles. The number of nitrogens with zero attached hydrogens (tertiary/aromatic N) is 1. The number of rotatable bonds is 5. The van der Waals surface area contributed by atoms with Gasteiger partial charge in [0.25, 0.3) is 0 Å². The third kappa shape index (κ3) is 5.42. The molecule has 0 amide bonds. The summed E-state index contributed by atoms with van der Waals surface area (Å²) < 4.78 is 0.914. The third-order valence-corrected chi connectivity index (χ3v) is 2.36. The van der Waals surface area contributed by atoms with Crippen molar-refractivity contribution in [2.24, 2.45) is 0 Å². The number of hydrogen-bond donors (Lipinski definition) is 0. The Morgan fingerprint density at radius 1 is 1.46 bits per heavy atom. The molecule has 76 valence electrons. The molecule has 0 aromatic heterocycles. The van der Waals surface area contributed by atoms with Gasteiger partial charge in [-0.15, -0.1) is 0 Å². The van der Waals surface area contributed by atoms with Gasteiger partial charge < -0.3 is 14.4 Å². The van der Waals surface area contributed by atoms with Crippen molar-refractivity contribution < 1.29 is 14.4 Å². The molecule has 0 aliphatic heterocycles. The van der Waals surface area contributed by atoms with Gasteiger partial charge in [0.2, 0.25) is 0 Å². The minimum atomic E-state index is -1.07. The molecule has 0 radical (unpaired) electrons. The average Bonchev–Trinajstić information content (AvgIpc) is 2.04. The van der Waals surface area contributed by atoms with Gasteiger partial charge >= 0.3 is 0 Å². The summed E-state index contributed by atoms with van der Waals surface area (Å²) in [6.07, 6.45) is 2.52. The van der Waals surface area contributed by atoms with E-state index in [1.165, 1.54) is 0 Å². The summed E-state index contributed by atoms with van der Waals surface area (Å²) in [6.45, 7) is 5.70. The lowest BCUT2D eigenvalue weighted by Gasteiger charge is -2.27. The van der Waals surface area contributed by atoms with Crippen molar-refractivity contribution in [2.45, 2.75) is 20.3 Å². The van der Waals surface area contributed by atoms with Gasteiger partial charge in [-0.2, -0.15) is 0 Å². The van der Waals surface area contributed by atoms with Crippen LogP contribution in [0, 0.1) is 0 Å². The molecule has 0 aromatic carbocycles. The highest BCUT2D eigenvalue weighted by Gasteiger charge is 2.09. The van der Waals surface area contributed by atoms with Gasteiger partial charge in [-0.25, -0.2) is 0 Å². The van der Waals surface area contributed by atoms with E-state index in [1.54, 1.807) is 13.0 Å². The van der Waals surface area contributed by atoms with Gasteiger partial charge in [0, 0.05) is 6.42 Å². The Balaban J connectivity index is 3.92. The first-order chi connectivity index (χ1) is 5.89. The van der Waals surface area contributed by atoms with Crippen molar-refractivity contribution in [3.05, 3.63) is 11.6 Å². The number of carbonyl (C=O) groups is 1. The van der Waals surface area contributed by atoms with Crippen LogP contribution in [0.15, 0.2) is 11.6 Å². The predicted molar refractivity (Wildman–Crippen MR) is 50.9 cm³/mol. The van der Waals surface area contributed by atoms with Gasteiger partial charge in [0.15, 0.2) is 0 Å². The highest BCUT2D eigenvalue weighted by molar-refractivity contribution is 5.83. The van der Waals surface area contributed by atoms with Crippen molar-refractivity contribution >= 4 is 5.97 Å². The molecule has 0 spiro atoms. The molecule has 0 heterocycles. The Kier molecular flexibility index (Phi) is 4.70. The molecule has 0 N–H and O–H groups in total. The minimum absolute atomic E-state index is 0.330. The molecular formula is C10H19NO2. The van der Waals surface area contributed by atoms with Crippen LogP contribution < -0.4 is 5.11 Å². The van der Waals surface area contributed by atoms with Crippen LogP contribution >= 0.6 is 0 Å². The fourth-order valence-corrected chi connectivity index (χ4v) is 0.872. The Bertz CT molecular complexity index is 207. The zero-order valence-electron chi connectivity index (χ0n) is 8.96.